The van der Waals surface area contributed by atoms with Crippen LogP contribution in [0.25, 0.3) is 0 Å². The summed E-state index contributed by atoms with van der Waals surface area (Å²) in [4.78, 5) is 24.4. The van der Waals surface area contributed by atoms with E-state index in [1.165, 1.54) is 0 Å². The van der Waals surface area contributed by atoms with Crippen LogP contribution in [0.4, 0.5) is 4.79 Å². The summed E-state index contributed by atoms with van der Waals surface area (Å²) in [5.41, 5.74) is 1.07. The number of Topliss-reactive ketones (excluding diaryl/α,β-unsaturated/α-hetero) is 1. The van der Waals surface area contributed by atoms with Crippen molar-refractivity contribution in [2.75, 3.05) is 13.1 Å². The van der Waals surface area contributed by atoms with Crippen LogP contribution in [0.5, 0.6) is 0 Å². The average molecular weight is 311 g/mol. The van der Waals surface area contributed by atoms with Crippen LogP contribution in [0.1, 0.15) is 24.9 Å². The van der Waals surface area contributed by atoms with Gasteiger partial charge in [0, 0.05) is 24.0 Å². The molecule has 1 aromatic rings. The second-order valence-electron chi connectivity index (χ2n) is 4.46. The van der Waals surface area contributed by atoms with Crippen LogP contribution in [0.2, 0.25) is 0 Å². The molecule has 1 heterocycles. The molecule has 0 radical (unpaired) electrons. The summed E-state index contributed by atoms with van der Waals surface area (Å²) >= 11 is 3.42. The van der Waals surface area contributed by atoms with Crippen molar-refractivity contribution >= 4 is 27.7 Å². The second-order valence-corrected chi connectivity index (χ2v) is 5.37. The van der Waals surface area contributed by atoms with Gasteiger partial charge in [-0.1, -0.05) is 28.1 Å². The zero-order valence-corrected chi connectivity index (χ0v) is 11.7. The van der Waals surface area contributed by atoms with Crippen LogP contribution in [0.3, 0.4) is 0 Å². The average Bonchev–Trinajstić information content (AvgIpc) is 2.68. The number of amides is 2. The summed E-state index contributed by atoms with van der Waals surface area (Å²) in [5, 5.41) is 2.93. The molecular weight excluding hydrogens is 296 g/mol. The molecule has 1 fully saturated rings. The maximum absolute atomic E-state index is 11.7. The summed E-state index contributed by atoms with van der Waals surface area (Å²) in [6.45, 7) is 2.65. The molecule has 0 bridgehead atoms. The van der Waals surface area contributed by atoms with Crippen LogP contribution >= 0.6 is 15.9 Å². The van der Waals surface area contributed by atoms with Gasteiger partial charge in [0.05, 0.1) is 6.04 Å². The maximum atomic E-state index is 11.7. The van der Waals surface area contributed by atoms with Gasteiger partial charge in [0.2, 0.25) is 0 Å². The smallest absolute Gasteiger partial charge is 0.318 e. The standard InChI is InChI=1S/C13H15BrN2O2/c1-9(17)5-6-16-8-12(15-13(16)18)10-3-2-4-11(14)7-10/h2-4,7,12H,5-6,8H2,1H3,(H,15,18). The number of carbonyl (C=O) groups is 2. The largest absolute Gasteiger partial charge is 0.329 e. The predicted molar refractivity (Wildman–Crippen MR) is 72.3 cm³/mol. The number of nitrogens with zero attached hydrogens (tertiary/aromatic N) is 1. The molecule has 1 unspecified atom stereocenters. The van der Waals surface area contributed by atoms with E-state index in [9.17, 15) is 9.59 Å². The van der Waals surface area contributed by atoms with Gasteiger partial charge in [0.25, 0.3) is 0 Å². The van der Waals surface area contributed by atoms with Gasteiger partial charge in [-0.3, -0.25) is 4.79 Å². The number of hydrogen-bond acceptors (Lipinski definition) is 2. The highest BCUT2D eigenvalue weighted by Crippen LogP contribution is 2.23. The molecule has 1 aromatic carbocycles. The van der Waals surface area contributed by atoms with Crippen molar-refractivity contribution in [3.63, 3.8) is 0 Å². The Labute approximate surface area is 114 Å². The molecule has 1 N–H and O–H groups in total. The van der Waals surface area contributed by atoms with Crippen molar-refractivity contribution in [2.24, 2.45) is 0 Å². The number of nitrogens with one attached hydrogen (secondary N) is 1. The lowest BCUT2D eigenvalue weighted by molar-refractivity contribution is -0.117. The van der Waals surface area contributed by atoms with Gasteiger partial charge in [0.15, 0.2) is 0 Å². The van der Waals surface area contributed by atoms with E-state index in [0.29, 0.717) is 19.5 Å². The molecule has 96 valence electrons. The molecule has 0 saturated carbocycles. The molecule has 1 atom stereocenters. The minimum absolute atomic E-state index is 0.00181. The Morgan fingerprint density at radius 3 is 3.00 bits per heavy atom. The van der Waals surface area contributed by atoms with Crippen molar-refractivity contribution in [3.8, 4) is 0 Å². The van der Waals surface area contributed by atoms with Gasteiger partial charge >= 0.3 is 6.03 Å². The first-order valence-electron chi connectivity index (χ1n) is 5.86. The number of rotatable bonds is 4. The van der Waals surface area contributed by atoms with Gasteiger partial charge in [0.1, 0.15) is 5.78 Å². The number of halogens is 1. The maximum Gasteiger partial charge on any atom is 0.318 e. The van der Waals surface area contributed by atoms with Gasteiger partial charge in [-0.2, -0.15) is 0 Å². The Morgan fingerprint density at radius 2 is 2.33 bits per heavy atom. The first-order valence-corrected chi connectivity index (χ1v) is 6.66. The van der Waals surface area contributed by atoms with Gasteiger partial charge < -0.3 is 10.2 Å². The Kier molecular flexibility index (Phi) is 4.01. The van der Waals surface area contributed by atoms with Gasteiger partial charge in [-0.05, 0) is 24.6 Å². The summed E-state index contributed by atoms with van der Waals surface area (Å²) in [6, 6.07) is 7.80. The summed E-state index contributed by atoms with van der Waals surface area (Å²) < 4.78 is 0.997. The lowest BCUT2D eigenvalue weighted by Crippen LogP contribution is -2.29. The predicted octanol–water partition coefficient (Wildman–Crippen LogP) is 2.49. The number of ketones is 1. The molecule has 1 aliphatic rings. The fourth-order valence-corrected chi connectivity index (χ4v) is 2.40. The molecule has 1 saturated heterocycles. The molecule has 2 amide bonds. The van der Waals surface area contributed by atoms with Crippen LogP contribution in [0, 0.1) is 0 Å². The zero-order chi connectivity index (χ0) is 13.1. The molecule has 0 spiro atoms. The van der Waals surface area contributed by atoms with Crippen LogP contribution < -0.4 is 5.32 Å². The van der Waals surface area contributed by atoms with Crippen LogP contribution in [-0.2, 0) is 4.79 Å². The highest BCUT2D eigenvalue weighted by molar-refractivity contribution is 9.10. The van der Waals surface area contributed by atoms with Gasteiger partial charge in [-0.25, -0.2) is 4.79 Å². The zero-order valence-electron chi connectivity index (χ0n) is 10.1. The van der Waals surface area contributed by atoms with E-state index in [4.69, 9.17) is 0 Å². The van der Waals surface area contributed by atoms with E-state index in [1.807, 2.05) is 24.3 Å². The van der Waals surface area contributed by atoms with Crippen LogP contribution in [-0.4, -0.2) is 29.8 Å². The minimum atomic E-state index is -0.0961. The third kappa shape index (κ3) is 3.10. The van der Waals surface area contributed by atoms with E-state index in [2.05, 4.69) is 21.2 Å². The number of benzene rings is 1. The van der Waals surface area contributed by atoms with Crippen molar-refractivity contribution in [3.05, 3.63) is 34.3 Å². The van der Waals surface area contributed by atoms with Gasteiger partial charge in [-0.15, -0.1) is 0 Å². The van der Waals surface area contributed by atoms with E-state index >= 15 is 0 Å². The van der Waals surface area contributed by atoms with E-state index in [-0.39, 0.29) is 17.9 Å². The monoisotopic (exact) mass is 310 g/mol. The second kappa shape index (κ2) is 5.52. The Bertz CT molecular complexity index is 476. The molecule has 4 nitrogen and oxygen atoms in total. The van der Waals surface area contributed by atoms with E-state index in [1.54, 1.807) is 11.8 Å². The SMILES string of the molecule is CC(=O)CCN1CC(c2cccc(Br)c2)NC1=O. The van der Waals surface area contributed by atoms with Crippen LogP contribution in [0.15, 0.2) is 28.7 Å². The highest BCUT2D eigenvalue weighted by atomic mass is 79.9. The third-order valence-electron chi connectivity index (χ3n) is 2.97. The molecule has 5 heteroatoms. The van der Waals surface area contributed by atoms with E-state index < -0.39 is 0 Å². The number of urea groups is 1. The lowest BCUT2D eigenvalue weighted by Gasteiger charge is -2.13. The molecule has 2 rings (SSSR count). The third-order valence-corrected chi connectivity index (χ3v) is 3.47. The summed E-state index contributed by atoms with van der Waals surface area (Å²) in [7, 11) is 0. The van der Waals surface area contributed by atoms with Crippen molar-refractivity contribution in [2.45, 2.75) is 19.4 Å². The quantitative estimate of drug-likeness (QED) is 0.929. The molecule has 1 aliphatic heterocycles. The molecule has 0 aromatic heterocycles. The van der Waals surface area contributed by atoms with E-state index in [0.717, 1.165) is 10.0 Å². The van der Waals surface area contributed by atoms with Crippen molar-refractivity contribution < 1.29 is 9.59 Å². The minimum Gasteiger partial charge on any atom is -0.329 e. The molecule has 18 heavy (non-hydrogen) atoms. The first kappa shape index (κ1) is 13.1. The summed E-state index contributed by atoms with van der Waals surface area (Å²) in [6.07, 6.45) is 0.415. The highest BCUT2D eigenvalue weighted by Gasteiger charge is 2.29. The fourth-order valence-electron chi connectivity index (χ4n) is 1.99. The normalized spacial score (nSPS) is 18.9. The fraction of sp³-hybridized carbons (Fsp3) is 0.385. The number of carbonyl (C=O) groups excluding carboxylic acids is 2. The molecular formula is C13H15BrN2O2. The lowest BCUT2D eigenvalue weighted by atomic mass is 10.1. The Morgan fingerprint density at radius 1 is 1.56 bits per heavy atom. The first-order chi connectivity index (χ1) is 8.56. The summed E-state index contributed by atoms with van der Waals surface area (Å²) in [5.74, 6) is 0.105. The van der Waals surface area contributed by atoms with Crippen molar-refractivity contribution in [1.82, 2.24) is 10.2 Å². The number of hydrogen-bond donors (Lipinski definition) is 1. The Balaban J connectivity index is 2.02. The topological polar surface area (TPSA) is 49.4 Å². The van der Waals surface area contributed by atoms with Crippen molar-refractivity contribution in [1.29, 1.82) is 0 Å². The molecule has 0 aliphatic carbocycles. The Hall–Kier alpha value is -1.36.